The zero-order chi connectivity index (χ0) is 14.7. The smallest absolute Gasteiger partial charge is 0.317 e. The molecule has 1 N–H and O–H groups in total. The van der Waals surface area contributed by atoms with Crippen LogP contribution in [0.5, 0.6) is 5.75 Å². The summed E-state index contributed by atoms with van der Waals surface area (Å²) in [5, 5.41) is 3.11. The predicted molar refractivity (Wildman–Crippen MR) is 81.6 cm³/mol. The third-order valence-corrected chi connectivity index (χ3v) is 4.31. The molecule has 0 unspecified atom stereocenters. The second kappa shape index (κ2) is 6.35. The summed E-state index contributed by atoms with van der Waals surface area (Å²) in [7, 11) is 0. The number of carbonyl (C=O) groups is 1. The minimum absolute atomic E-state index is 0.0405. The summed E-state index contributed by atoms with van der Waals surface area (Å²) in [5.74, 6) is 0.944. The van der Waals surface area contributed by atoms with E-state index in [0.29, 0.717) is 6.61 Å². The summed E-state index contributed by atoms with van der Waals surface area (Å²) in [6.45, 7) is 7.32. The Hall–Kier alpha value is -1.75. The monoisotopic (exact) mass is 289 g/mol. The molecule has 0 spiro atoms. The largest absolute Gasteiger partial charge is 0.491 e. The number of para-hydroxylation sites is 1. The molecule has 3 rings (SSSR count). The summed E-state index contributed by atoms with van der Waals surface area (Å²) >= 11 is 0. The molecule has 1 atom stereocenters. The van der Waals surface area contributed by atoms with E-state index in [1.807, 2.05) is 23.1 Å². The Balaban J connectivity index is 1.52. The second-order valence-electron chi connectivity index (χ2n) is 5.69. The van der Waals surface area contributed by atoms with Gasteiger partial charge in [0.1, 0.15) is 12.4 Å². The molecule has 1 saturated heterocycles. The molecule has 0 bridgehead atoms. The van der Waals surface area contributed by atoms with Gasteiger partial charge in [-0.25, -0.2) is 4.79 Å². The quantitative estimate of drug-likeness (QED) is 0.893. The maximum absolute atomic E-state index is 12.3. The van der Waals surface area contributed by atoms with Gasteiger partial charge in [0.15, 0.2) is 0 Å². The van der Waals surface area contributed by atoms with Crippen LogP contribution in [0.3, 0.4) is 0 Å². The highest BCUT2D eigenvalue weighted by Gasteiger charge is 2.25. The molecule has 2 aliphatic rings. The van der Waals surface area contributed by atoms with E-state index in [1.54, 1.807) is 0 Å². The van der Waals surface area contributed by atoms with E-state index in [9.17, 15) is 4.79 Å². The lowest BCUT2D eigenvalue weighted by atomic mass is 10.0. The number of nitrogens with one attached hydrogen (secondary N) is 1. The van der Waals surface area contributed by atoms with Crippen molar-refractivity contribution in [2.24, 2.45) is 0 Å². The summed E-state index contributed by atoms with van der Waals surface area (Å²) in [5.41, 5.74) is 1.17. The number of ether oxygens (including phenoxy) is 1. The Labute approximate surface area is 125 Å². The SMILES string of the molecule is CCN1CCN(C(=O)N[C@@H]2COc3ccccc3C2)CC1. The number of urea groups is 1. The van der Waals surface area contributed by atoms with Crippen LogP contribution in [0.15, 0.2) is 24.3 Å². The lowest BCUT2D eigenvalue weighted by Gasteiger charge is -2.35. The van der Waals surface area contributed by atoms with Crippen molar-refractivity contribution in [3.05, 3.63) is 29.8 Å². The zero-order valence-corrected chi connectivity index (χ0v) is 12.5. The van der Waals surface area contributed by atoms with Crippen LogP contribution in [0, 0.1) is 0 Å². The van der Waals surface area contributed by atoms with Gasteiger partial charge in [-0.1, -0.05) is 25.1 Å². The number of likely N-dealkylation sites (N-methyl/N-ethyl adjacent to an activating group) is 1. The van der Waals surface area contributed by atoms with Crippen molar-refractivity contribution in [3.8, 4) is 5.75 Å². The van der Waals surface area contributed by atoms with Gasteiger partial charge in [-0.15, -0.1) is 0 Å². The number of hydrogen-bond donors (Lipinski definition) is 1. The van der Waals surface area contributed by atoms with Gasteiger partial charge >= 0.3 is 6.03 Å². The first-order valence-electron chi connectivity index (χ1n) is 7.74. The molecule has 5 nitrogen and oxygen atoms in total. The van der Waals surface area contributed by atoms with Gasteiger partial charge in [0.2, 0.25) is 0 Å². The third-order valence-electron chi connectivity index (χ3n) is 4.31. The van der Waals surface area contributed by atoms with Gasteiger partial charge in [-0.05, 0) is 24.6 Å². The van der Waals surface area contributed by atoms with E-state index in [0.717, 1.165) is 44.9 Å². The molecule has 21 heavy (non-hydrogen) atoms. The Morgan fingerprint density at radius 2 is 2.05 bits per heavy atom. The Morgan fingerprint density at radius 1 is 1.29 bits per heavy atom. The Kier molecular flexibility index (Phi) is 4.29. The van der Waals surface area contributed by atoms with Crippen molar-refractivity contribution < 1.29 is 9.53 Å². The van der Waals surface area contributed by atoms with E-state index >= 15 is 0 Å². The minimum Gasteiger partial charge on any atom is -0.491 e. The summed E-state index contributed by atoms with van der Waals surface area (Å²) < 4.78 is 5.72. The molecule has 1 aromatic rings. The summed E-state index contributed by atoms with van der Waals surface area (Å²) in [6.07, 6.45) is 0.844. The van der Waals surface area contributed by atoms with Gasteiger partial charge in [0.05, 0.1) is 6.04 Å². The molecule has 5 heteroatoms. The van der Waals surface area contributed by atoms with Crippen LogP contribution in [-0.4, -0.2) is 61.2 Å². The van der Waals surface area contributed by atoms with Crippen molar-refractivity contribution >= 4 is 6.03 Å². The number of hydrogen-bond acceptors (Lipinski definition) is 3. The third kappa shape index (κ3) is 3.29. The maximum Gasteiger partial charge on any atom is 0.317 e. The van der Waals surface area contributed by atoms with Crippen LogP contribution in [0.25, 0.3) is 0 Å². The van der Waals surface area contributed by atoms with E-state index < -0.39 is 0 Å². The van der Waals surface area contributed by atoms with Crippen LogP contribution in [-0.2, 0) is 6.42 Å². The average molecular weight is 289 g/mol. The molecular weight excluding hydrogens is 266 g/mol. The van der Waals surface area contributed by atoms with E-state index in [2.05, 4.69) is 23.2 Å². The lowest BCUT2D eigenvalue weighted by Crippen LogP contribution is -2.54. The van der Waals surface area contributed by atoms with Crippen LogP contribution >= 0.6 is 0 Å². The molecule has 0 aromatic heterocycles. The number of benzene rings is 1. The number of fused-ring (bicyclic) bond motifs is 1. The summed E-state index contributed by atoms with van der Waals surface area (Å²) in [6, 6.07) is 8.14. The van der Waals surface area contributed by atoms with Gasteiger partial charge in [0.25, 0.3) is 0 Å². The molecule has 1 fully saturated rings. The van der Waals surface area contributed by atoms with Crippen molar-refractivity contribution in [2.75, 3.05) is 39.3 Å². The maximum atomic E-state index is 12.3. The molecule has 114 valence electrons. The van der Waals surface area contributed by atoms with Crippen LogP contribution in [0.4, 0.5) is 4.79 Å². The summed E-state index contributed by atoms with van der Waals surface area (Å²) in [4.78, 5) is 16.6. The van der Waals surface area contributed by atoms with Gasteiger partial charge < -0.3 is 19.9 Å². The van der Waals surface area contributed by atoms with Crippen molar-refractivity contribution in [1.29, 1.82) is 0 Å². The van der Waals surface area contributed by atoms with E-state index in [4.69, 9.17) is 4.74 Å². The van der Waals surface area contributed by atoms with Gasteiger partial charge in [0, 0.05) is 26.2 Å². The fourth-order valence-corrected chi connectivity index (χ4v) is 2.95. The number of rotatable bonds is 2. The Morgan fingerprint density at radius 3 is 2.81 bits per heavy atom. The number of nitrogens with zero attached hydrogens (tertiary/aromatic N) is 2. The average Bonchev–Trinajstić information content (AvgIpc) is 2.55. The molecule has 1 aromatic carbocycles. The number of carbonyl (C=O) groups excluding carboxylic acids is 1. The van der Waals surface area contributed by atoms with Crippen LogP contribution < -0.4 is 10.1 Å². The molecule has 2 amide bonds. The normalized spacial score (nSPS) is 22.3. The van der Waals surface area contributed by atoms with Crippen molar-refractivity contribution in [1.82, 2.24) is 15.1 Å². The number of amides is 2. The first-order valence-corrected chi connectivity index (χ1v) is 7.74. The lowest BCUT2D eigenvalue weighted by molar-refractivity contribution is 0.136. The second-order valence-corrected chi connectivity index (χ2v) is 5.69. The highest BCUT2D eigenvalue weighted by atomic mass is 16.5. The van der Waals surface area contributed by atoms with Crippen LogP contribution in [0.1, 0.15) is 12.5 Å². The zero-order valence-electron chi connectivity index (χ0n) is 12.5. The van der Waals surface area contributed by atoms with Gasteiger partial charge in [-0.3, -0.25) is 0 Å². The topological polar surface area (TPSA) is 44.8 Å². The van der Waals surface area contributed by atoms with Gasteiger partial charge in [-0.2, -0.15) is 0 Å². The van der Waals surface area contributed by atoms with Crippen LogP contribution in [0.2, 0.25) is 0 Å². The standard InChI is InChI=1S/C16H23N3O2/c1-2-18-7-9-19(10-8-18)16(20)17-14-11-13-5-3-4-6-15(13)21-12-14/h3-6,14H,2,7-12H2,1H3,(H,17,20)/t14-/m0/s1. The van der Waals surface area contributed by atoms with Crippen molar-refractivity contribution in [3.63, 3.8) is 0 Å². The fraction of sp³-hybridized carbons (Fsp3) is 0.562. The highest BCUT2D eigenvalue weighted by molar-refractivity contribution is 5.74. The Bertz CT molecular complexity index is 498. The first-order chi connectivity index (χ1) is 10.3. The number of piperazine rings is 1. The highest BCUT2D eigenvalue weighted by Crippen LogP contribution is 2.23. The fourth-order valence-electron chi connectivity index (χ4n) is 2.95. The molecule has 0 radical (unpaired) electrons. The minimum atomic E-state index is 0.0405. The molecule has 2 heterocycles. The first kappa shape index (κ1) is 14.2. The molecule has 0 saturated carbocycles. The predicted octanol–water partition coefficient (Wildman–Crippen LogP) is 1.34. The molecule has 2 aliphatic heterocycles. The molecule has 0 aliphatic carbocycles. The van der Waals surface area contributed by atoms with Crippen molar-refractivity contribution in [2.45, 2.75) is 19.4 Å². The van der Waals surface area contributed by atoms with E-state index in [-0.39, 0.29) is 12.1 Å². The molecular formula is C16H23N3O2. The van der Waals surface area contributed by atoms with E-state index in [1.165, 1.54) is 5.56 Å².